The fourth-order valence-electron chi connectivity index (χ4n) is 1.74. The summed E-state index contributed by atoms with van der Waals surface area (Å²) >= 11 is 0. The average molecular weight is 251 g/mol. The number of unbranched alkanes of at least 4 members (excludes halogenated alkanes) is 3. The first-order valence-electron chi connectivity index (χ1n) is 6.83. The molecule has 4 heteroatoms. The third-order valence-electron chi connectivity index (χ3n) is 2.79. The lowest BCUT2D eigenvalue weighted by Crippen LogP contribution is -2.38. The molecule has 1 aromatic heterocycles. The van der Waals surface area contributed by atoms with Crippen LogP contribution in [0.4, 0.5) is 0 Å². The average Bonchev–Trinajstić information content (AvgIpc) is 2.89. The van der Waals surface area contributed by atoms with Gasteiger partial charge in [-0.25, -0.2) is 0 Å². The highest BCUT2D eigenvalue weighted by Gasteiger charge is 1.98. The van der Waals surface area contributed by atoms with Crippen molar-refractivity contribution >= 4 is 5.96 Å². The Kier molecular flexibility index (Phi) is 7.77. The van der Waals surface area contributed by atoms with E-state index in [4.69, 9.17) is 4.42 Å². The molecule has 0 fully saturated rings. The van der Waals surface area contributed by atoms with Crippen molar-refractivity contribution in [1.82, 2.24) is 10.6 Å². The molecule has 0 aliphatic rings. The maximum Gasteiger partial charge on any atom is 0.190 e. The first kappa shape index (κ1) is 14.6. The Hall–Kier alpha value is -1.45. The summed E-state index contributed by atoms with van der Waals surface area (Å²) in [5, 5.41) is 6.59. The van der Waals surface area contributed by atoms with Crippen molar-refractivity contribution in [2.75, 3.05) is 20.1 Å². The highest BCUT2D eigenvalue weighted by Crippen LogP contribution is 1.99. The summed E-state index contributed by atoms with van der Waals surface area (Å²) in [5.74, 6) is 1.87. The van der Waals surface area contributed by atoms with Crippen LogP contribution in [-0.2, 0) is 6.42 Å². The molecule has 0 atom stereocenters. The predicted octanol–water partition coefficient (Wildman–Crippen LogP) is 2.57. The summed E-state index contributed by atoms with van der Waals surface area (Å²) in [6.07, 6.45) is 7.65. The fourth-order valence-corrected chi connectivity index (χ4v) is 1.74. The van der Waals surface area contributed by atoms with E-state index in [1.807, 2.05) is 12.1 Å². The number of nitrogens with one attached hydrogen (secondary N) is 2. The fraction of sp³-hybridized carbons (Fsp3) is 0.643. The minimum Gasteiger partial charge on any atom is -0.469 e. The summed E-state index contributed by atoms with van der Waals surface area (Å²) in [7, 11) is 1.80. The molecular weight excluding hydrogens is 226 g/mol. The summed E-state index contributed by atoms with van der Waals surface area (Å²) in [4.78, 5) is 4.19. The lowest BCUT2D eigenvalue weighted by Gasteiger charge is -2.11. The van der Waals surface area contributed by atoms with Crippen LogP contribution in [0.1, 0.15) is 38.4 Å². The Labute approximate surface area is 110 Å². The molecule has 1 rings (SSSR count). The van der Waals surface area contributed by atoms with Crippen LogP contribution in [0.25, 0.3) is 0 Å². The zero-order chi connectivity index (χ0) is 13.1. The Morgan fingerprint density at radius 2 is 2.06 bits per heavy atom. The van der Waals surface area contributed by atoms with E-state index >= 15 is 0 Å². The number of hydrogen-bond donors (Lipinski definition) is 2. The monoisotopic (exact) mass is 251 g/mol. The molecule has 0 aliphatic heterocycles. The van der Waals surface area contributed by atoms with Crippen LogP contribution in [0.2, 0.25) is 0 Å². The Bertz CT molecular complexity index is 320. The summed E-state index contributed by atoms with van der Waals surface area (Å²) in [6, 6.07) is 3.90. The third kappa shape index (κ3) is 6.33. The molecule has 0 spiro atoms. The van der Waals surface area contributed by atoms with Crippen LogP contribution in [0.3, 0.4) is 0 Å². The van der Waals surface area contributed by atoms with Crippen molar-refractivity contribution in [3.8, 4) is 0 Å². The van der Waals surface area contributed by atoms with Gasteiger partial charge in [0.1, 0.15) is 5.76 Å². The molecule has 18 heavy (non-hydrogen) atoms. The van der Waals surface area contributed by atoms with E-state index in [9.17, 15) is 0 Å². The van der Waals surface area contributed by atoms with E-state index in [2.05, 4.69) is 22.5 Å². The van der Waals surface area contributed by atoms with Crippen molar-refractivity contribution in [1.29, 1.82) is 0 Å². The van der Waals surface area contributed by atoms with Gasteiger partial charge < -0.3 is 15.1 Å². The van der Waals surface area contributed by atoms with Gasteiger partial charge in [0.2, 0.25) is 0 Å². The van der Waals surface area contributed by atoms with Gasteiger partial charge in [-0.1, -0.05) is 26.2 Å². The van der Waals surface area contributed by atoms with Crippen LogP contribution in [0.5, 0.6) is 0 Å². The maximum atomic E-state index is 5.27. The molecule has 0 bridgehead atoms. The largest absolute Gasteiger partial charge is 0.469 e. The molecule has 0 radical (unpaired) electrons. The van der Waals surface area contributed by atoms with Gasteiger partial charge in [0.15, 0.2) is 5.96 Å². The zero-order valence-corrected chi connectivity index (χ0v) is 11.5. The SMILES string of the molecule is CCCCCCNC(=NC)NCCc1ccco1. The number of aliphatic imine (C=N–C) groups is 1. The number of guanidine groups is 1. The molecular formula is C14H25N3O. The number of furan rings is 1. The molecule has 0 amide bonds. The topological polar surface area (TPSA) is 49.6 Å². The molecule has 1 aromatic rings. The van der Waals surface area contributed by atoms with Gasteiger partial charge in [-0.2, -0.15) is 0 Å². The second kappa shape index (κ2) is 9.57. The predicted molar refractivity (Wildman–Crippen MR) is 75.9 cm³/mol. The maximum absolute atomic E-state index is 5.27. The van der Waals surface area contributed by atoms with Crippen molar-refractivity contribution in [3.63, 3.8) is 0 Å². The number of hydrogen-bond acceptors (Lipinski definition) is 2. The summed E-state index contributed by atoms with van der Waals surface area (Å²) < 4.78 is 5.27. The lowest BCUT2D eigenvalue weighted by atomic mass is 10.2. The second-order valence-corrected chi connectivity index (χ2v) is 4.32. The highest BCUT2D eigenvalue weighted by molar-refractivity contribution is 5.79. The van der Waals surface area contributed by atoms with Gasteiger partial charge >= 0.3 is 0 Å². The molecule has 0 unspecified atom stereocenters. The van der Waals surface area contributed by atoms with Crippen molar-refractivity contribution < 1.29 is 4.42 Å². The number of nitrogens with zero attached hydrogens (tertiary/aromatic N) is 1. The molecule has 4 nitrogen and oxygen atoms in total. The standard InChI is InChI=1S/C14H25N3O/c1-3-4-5-6-10-16-14(15-2)17-11-9-13-8-7-12-18-13/h7-8,12H,3-6,9-11H2,1-2H3,(H2,15,16,17). The molecule has 2 N–H and O–H groups in total. The van der Waals surface area contributed by atoms with E-state index < -0.39 is 0 Å². The third-order valence-corrected chi connectivity index (χ3v) is 2.79. The van der Waals surface area contributed by atoms with Gasteiger partial charge in [-0.3, -0.25) is 4.99 Å². The van der Waals surface area contributed by atoms with Crippen molar-refractivity contribution in [2.45, 2.75) is 39.0 Å². The minimum absolute atomic E-state index is 0.835. The van der Waals surface area contributed by atoms with E-state index in [0.717, 1.165) is 31.2 Å². The van der Waals surface area contributed by atoms with Gasteiger partial charge in [0.25, 0.3) is 0 Å². The van der Waals surface area contributed by atoms with E-state index in [0.29, 0.717) is 0 Å². The highest BCUT2D eigenvalue weighted by atomic mass is 16.3. The molecule has 0 saturated heterocycles. The summed E-state index contributed by atoms with van der Waals surface area (Å²) in [5.41, 5.74) is 0. The zero-order valence-electron chi connectivity index (χ0n) is 11.5. The second-order valence-electron chi connectivity index (χ2n) is 4.32. The lowest BCUT2D eigenvalue weighted by molar-refractivity contribution is 0.506. The molecule has 1 heterocycles. The van der Waals surface area contributed by atoms with Gasteiger partial charge in [0, 0.05) is 26.6 Å². The van der Waals surface area contributed by atoms with Crippen molar-refractivity contribution in [2.24, 2.45) is 4.99 Å². The van der Waals surface area contributed by atoms with Gasteiger partial charge in [0.05, 0.1) is 6.26 Å². The van der Waals surface area contributed by atoms with Gasteiger partial charge in [-0.15, -0.1) is 0 Å². The van der Waals surface area contributed by atoms with Crippen molar-refractivity contribution in [3.05, 3.63) is 24.2 Å². The number of rotatable bonds is 8. The normalized spacial score (nSPS) is 11.6. The van der Waals surface area contributed by atoms with Crippen LogP contribution < -0.4 is 10.6 Å². The quantitative estimate of drug-likeness (QED) is 0.424. The first-order valence-corrected chi connectivity index (χ1v) is 6.83. The Morgan fingerprint density at radius 3 is 2.72 bits per heavy atom. The first-order chi connectivity index (χ1) is 8.86. The van der Waals surface area contributed by atoms with Crippen LogP contribution in [0, 0.1) is 0 Å². The molecule has 0 aliphatic carbocycles. The van der Waals surface area contributed by atoms with Crippen LogP contribution in [-0.4, -0.2) is 26.1 Å². The minimum atomic E-state index is 0.835. The van der Waals surface area contributed by atoms with E-state index in [1.54, 1.807) is 13.3 Å². The van der Waals surface area contributed by atoms with E-state index in [1.165, 1.54) is 25.7 Å². The Morgan fingerprint density at radius 1 is 1.22 bits per heavy atom. The van der Waals surface area contributed by atoms with Crippen LogP contribution in [0.15, 0.2) is 27.8 Å². The van der Waals surface area contributed by atoms with Gasteiger partial charge in [-0.05, 0) is 18.6 Å². The smallest absolute Gasteiger partial charge is 0.190 e. The molecule has 102 valence electrons. The molecule has 0 aromatic carbocycles. The van der Waals surface area contributed by atoms with E-state index in [-0.39, 0.29) is 0 Å². The van der Waals surface area contributed by atoms with Crippen LogP contribution >= 0.6 is 0 Å². The Balaban J connectivity index is 2.06. The summed E-state index contributed by atoms with van der Waals surface area (Å²) in [6.45, 7) is 4.05. The molecule has 0 saturated carbocycles.